The minimum Gasteiger partial charge on any atom is -0.444 e. The fourth-order valence-electron chi connectivity index (χ4n) is 6.03. The summed E-state index contributed by atoms with van der Waals surface area (Å²) in [6, 6.07) is -1.98. The van der Waals surface area contributed by atoms with Crippen LogP contribution in [0.25, 0.3) is 10.4 Å². The first-order valence-electron chi connectivity index (χ1n) is 13.2. The van der Waals surface area contributed by atoms with Gasteiger partial charge in [-0.2, -0.15) is 0 Å². The molecule has 4 rings (SSSR count). The van der Waals surface area contributed by atoms with Crippen molar-refractivity contribution in [3.05, 3.63) is 33.7 Å². The van der Waals surface area contributed by atoms with E-state index in [2.05, 4.69) is 32.8 Å². The molecular formula is C26H38N6O4. The summed E-state index contributed by atoms with van der Waals surface area (Å²) in [4.78, 5) is 44.4. The molecule has 0 aromatic carbocycles. The third-order valence-corrected chi connectivity index (χ3v) is 7.58. The van der Waals surface area contributed by atoms with Gasteiger partial charge in [0.2, 0.25) is 11.8 Å². The number of allylic oxidation sites excluding steroid dienone is 3. The lowest BCUT2D eigenvalue weighted by atomic mass is 9.82. The lowest BCUT2D eigenvalue weighted by Gasteiger charge is -2.37. The van der Waals surface area contributed by atoms with Crippen molar-refractivity contribution in [2.24, 2.45) is 5.11 Å². The zero-order valence-electron chi connectivity index (χ0n) is 21.5. The topological polar surface area (TPSA) is 136 Å². The number of alkyl carbamates (subject to hydrolysis) is 1. The lowest BCUT2D eigenvalue weighted by molar-refractivity contribution is -0.143. The summed E-state index contributed by atoms with van der Waals surface area (Å²) in [5.41, 5.74) is 11.0. The van der Waals surface area contributed by atoms with E-state index in [1.165, 1.54) is 11.1 Å². The van der Waals surface area contributed by atoms with Gasteiger partial charge in [-0.05, 0) is 102 Å². The van der Waals surface area contributed by atoms with Crippen LogP contribution >= 0.6 is 0 Å². The molecule has 2 aliphatic heterocycles. The average molecular weight is 499 g/mol. The van der Waals surface area contributed by atoms with E-state index < -0.39 is 23.8 Å². The van der Waals surface area contributed by atoms with Crippen molar-refractivity contribution in [2.75, 3.05) is 0 Å². The Kier molecular flexibility index (Phi) is 7.93. The molecule has 10 heteroatoms. The third-order valence-electron chi connectivity index (χ3n) is 7.58. The number of hydrogen-bond acceptors (Lipinski definition) is 5. The lowest BCUT2D eigenvalue weighted by Crippen LogP contribution is -2.58. The number of amides is 3. The van der Waals surface area contributed by atoms with E-state index in [9.17, 15) is 14.4 Å². The zero-order valence-corrected chi connectivity index (χ0v) is 21.5. The number of ether oxygens (including phenoxy) is 1. The number of nitrogens with zero attached hydrogens (tertiary/aromatic N) is 4. The number of rotatable bonds is 4. The van der Waals surface area contributed by atoms with Crippen LogP contribution in [0.15, 0.2) is 28.4 Å². The summed E-state index contributed by atoms with van der Waals surface area (Å²) in [5.74, 6) is -0.414. The van der Waals surface area contributed by atoms with Crippen molar-refractivity contribution in [2.45, 2.75) is 121 Å². The standard InChI is InChI=1S/C26H38N6O4/c1-26(2,3)36-25(35)29-21-13-11-17(30-31-27)15-18-12-14-22(32(18)24(21)34)23(33)28-20-10-6-8-16-7-4-5-9-19(16)20/h4,7,17-18,20-22H,5-6,8-15H2,1-3H3,(H,28,33)(H,29,35)/t17-,18-,20-,21+,22+/m1/s1. The van der Waals surface area contributed by atoms with Gasteiger partial charge in [0.05, 0.1) is 6.04 Å². The van der Waals surface area contributed by atoms with Crippen LogP contribution in [0, 0.1) is 0 Å². The fourth-order valence-corrected chi connectivity index (χ4v) is 6.03. The summed E-state index contributed by atoms with van der Waals surface area (Å²) in [7, 11) is 0. The van der Waals surface area contributed by atoms with E-state index in [-0.39, 0.29) is 29.9 Å². The van der Waals surface area contributed by atoms with Crippen LogP contribution in [0.3, 0.4) is 0 Å². The highest BCUT2D eigenvalue weighted by atomic mass is 16.6. The monoisotopic (exact) mass is 498 g/mol. The van der Waals surface area contributed by atoms with Gasteiger partial charge < -0.3 is 20.3 Å². The van der Waals surface area contributed by atoms with E-state index in [1.54, 1.807) is 25.7 Å². The molecule has 0 bridgehead atoms. The van der Waals surface area contributed by atoms with Crippen LogP contribution in [0.5, 0.6) is 0 Å². The first-order chi connectivity index (χ1) is 17.2. The second-order valence-electron chi connectivity index (χ2n) is 11.3. The molecule has 0 aromatic rings. The van der Waals surface area contributed by atoms with Gasteiger partial charge in [0.15, 0.2) is 0 Å². The van der Waals surface area contributed by atoms with Gasteiger partial charge in [0.25, 0.3) is 0 Å². The van der Waals surface area contributed by atoms with E-state index >= 15 is 0 Å². The van der Waals surface area contributed by atoms with E-state index in [1.807, 2.05) is 0 Å². The molecular weight excluding hydrogens is 460 g/mol. The number of fused-ring (bicyclic) bond motifs is 1. The molecule has 2 aliphatic carbocycles. The quantitative estimate of drug-likeness (QED) is 0.337. The van der Waals surface area contributed by atoms with Crippen molar-refractivity contribution in [1.82, 2.24) is 15.5 Å². The molecule has 4 aliphatic rings. The van der Waals surface area contributed by atoms with Gasteiger partial charge in [-0.3, -0.25) is 9.59 Å². The number of hydrogen-bond donors (Lipinski definition) is 2. The highest BCUT2D eigenvalue weighted by Gasteiger charge is 2.46. The number of nitrogens with one attached hydrogen (secondary N) is 2. The van der Waals surface area contributed by atoms with Crippen LogP contribution in [0.1, 0.15) is 85.0 Å². The molecule has 2 saturated heterocycles. The largest absolute Gasteiger partial charge is 0.444 e. The molecule has 3 amide bonds. The van der Waals surface area contributed by atoms with Gasteiger partial charge in [0.1, 0.15) is 17.7 Å². The van der Waals surface area contributed by atoms with Crippen molar-refractivity contribution in [3.63, 3.8) is 0 Å². The Labute approximate surface area is 212 Å². The summed E-state index contributed by atoms with van der Waals surface area (Å²) in [6.07, 6.45) is 11.1. The smallest absolute Gasteiger partial charge is 0.408 e. The number of carbonyl (C=O) groups excluding carboxylic acids is 3. The van der Waals surface area contributed by atoms with Crippen LogP contribution in [0.4, 0.5) is 4.79 Å². The summed E-state index contributed by atoms with van der Waals surface area (Å²) in [5, 5.41) is 9.90. The molecule has 0 saturated carbocycles. The molecule has 0 radical (unpaired) electrons. The first-order valence-corrected chi connectivity index (χ1v) is 13.2. The van der Waals surface area contributed by atoms with E-state index in [4.69, 9.17) is 10.3 Å². The number of carbonyl (C=O) groups is 3. The van der Waals surface area contributed by atoms with E-state index in [0.29, 0.717) is 32.1 Å². The predicted octanol–water partition coefficient (Wildman–Crippen LogP) is 4.42. The first kappa shape index (κ1) is 26.1. The molecule has 10 nitrogen and oxygen atoms in total. The Morgan fingerprint density at radius 3 is 2.67 bits per heavy atom. The van der Waals surface area contributed by atoms with Crippen molar-refractivity contribution < 1.29 is 19.1 Å². The van der Waals surface area contributed by atoms with Gasteiger partial charge in [0, 0.05) is 17.0 Å². The Hall–Kier alpha value is -3.00. The van der Waals surface area contributed by atoms with Gasteiger partial charge in [-0.1, -0.05) is 17.3 Å². The van der Waals surface area contributed by atoms with Crippen molar-refractivity contribution in [3.8, 4) is 0 Å². The second kappa shape index (κ2) is 10.9. The molecule has 196 valence electrons. The van der Waals surface area contributed by atoms with Gasteiger partial charge >= 0.3 is 6.09 Å². The Morgan fingerprint density at radius 1 is 1.11 bits per heavy atom. The summed E-state index contributed by atoms with van der Waals surface area (Å²) < 4.78 is 5.38. The van der Waals surface area contributed by atoms with E-state index in [0.717, 1.165) is 32.1 Å². The fraction of sp³-hybridized carbons (Fsp3) is 0.731. The maximum Gasteiger partial charge on any atom is 0.408 e. The predicted molar refractivity (Wildman–Crippen MR) is 135 cm³/mol. The Morgan fingerprint density at radius 2 is 1.92 bits per heavy atom. The van der Waals surface area contributed by atoms with Crippen molar-refractivity contribution >= 4 is 17.9 Å². The van der Waals surface area contributed by atoms with Crippen molar-refractivity contribution in [1.29, 1.82) is 0 Å². The van der Waals surface area contributed by atoms with Crippen LogP contribution in [-0.4, -0.2) is 58.6 Å². The molecule has 0 unspecified atom stereocenters. The van der Waals surface area contributed by atoms with Gasteiger partial charge in [-0.15, -0.1) is 0 Å². The summed E-state index contributed by atoms with van der Waals surface area (Å²) >= 11 is 0. The molecule has 0 spiro atoms. The third kappa shape index (κ3) is 6.03. The zero-order chi connectivity index (χ0) is 25.9. The number of azide groups is 1. The second-order valence-corrected chi connectivity index (χ2v) is 11.3. The molecule has 5 atom stereocenters. The molecule has 36 heavy (non-hydrogen) atoms. The maximum absolute atomic E-state index is 13.7. The molecule has 0 aromatic heterocycles. The van der Waals surface area contributed by atoms with Crippen LogP contribution < -0.4 is 10.6 Å². The molecule has 2 fully saturated rings. The van der Waals surface area contributed by atoms with Gasteiger partial charge in [-0.25, -0.2) is 4.79 Å². The summed E-state index contributed by atoms with van der Waals surface area (Å²) in [6.45, 7) is 5.28. The molecule has 2 heterocycles. The SMILES string of the molecule is CC(C)(C)OC(=O)N[C@H]1CC[C@@H](N=[N+]=[N-])C[C@H]2CC[C@@H](C(=O)N[C@@H]3CCCC4=C3CCC=C4)N2C1=O. The average Bonchev–Trinajstić information content (AvgIpc) is 3.23. The Bertz CT molecular complexity index is 993. The minimum absolute atomic E-state index is 0.00160. The maximum atomic E-state index is 13.7. The van der Waals surface area contributed by atoms with Crippen LogP contribution in [0.2, 0.25) is 0 Å². The van der Waals surface area contributed by atoms with Crippen LogP contribution in [-0.2, 0) is 14.3 Å². The highest BCUT2D eigenvalue weighted by Crippen LogP contribution is 2.35. The minimum atomic E-state index is -0.847. The normalized spacial score (nSPS) is 30.4. The Balaban J connectivity index is 1.53. The highest BCUT2D eigenvalue weighted by molar-refractivity contribution is 5.92. The molecule has 2 N–H and O–H groups in total.